The predicted molar refractivity (Wildman–Crippen MR) is 69.6 cm³/mol. The van der Waals surface area contributed by atoms with Crippen molar-refractivity contribution in [2.45, 2.75) is 18.9 Å². The van der Waals surface area contributed by atoms with Crippen molar-refractivity contribution in [2.75, 3.05) is 0 Å². The molecule has 0 aliphatic heterocycles. The highest BCUT2D eigenvalue weighted by Crippen LogP contribution is 2.04. The molecule has 5 nitrogen and oxygen atoms in total. The quantitative estimate of drug-likeness (QED) is 0.673. The second-order valence-electron chi connectivity index (χ2n) is 3.66. The van der Waals surface area contributed by atoms with Gasteiger partial charge in [0.2, 0.25) is 0 Å². The lowest BCUT2D eigenvalue weighted by Crippen LogP contribution is -2.40. The maximum Gasteiger partial charge on any atom is 0.326 e. The van der Waals surface area contributed by atoms with Gasteiger partial charge in [0.25, 0.3) is 0 Å². The molecule has 96 valence electrons. The molecule has 0 fully saturated rings. The SMILES string of the molecule is O=C(O)CC[C@H](NC(=S)c1ccccc1)C(=O)O. The summed E-state index contributed by atoms with van der Waals surface area (Å²) >= 11 is 5.07. The number of hydrogen-bond acceptors (Lipinski definition) is 3. The highest BCUT2D eigenvalue weighted by Gasteiger charge is 2.19. The maximum atomic E-state index is 11.0. The third-order valence-electron chi connectivity index (χ3n) is 2.29. The Morgan fingerprint density at radius 2 is 1.83 bits per heavy atom. The molecule has 1 rings (SSSR count). The maximum absolute atomic E-state index is 11.0. The summed E-state index contributed by atoms with van der Waals surface area (Å²) in [6.07, 6.45) is -0.237. The summed E-state index contributed by atoms with van der Waals surface area (Å²) in [4.78, 5) is 21.7. The van der Waals surface area contributed by atoms with Crippen molar-refractivity contribution >= 4 is 29.1 Å². The molecule has 0 spiro atoms. The molecule has 0 aromatic heterocycles. The Kier molecular flexibility index (Phi) is 5.26. The number of rotatable bonds is 6. The lowest BCUT2D eigenvalue weighted by atomic mass is 10.1. The van der Waals surface area contributed by atoms with Crippen LogP contribution in [0.4, 0.5) is 0 Å². The molecule has 3 N–H and O–H groups in total. The Balaban J connectivity index is 2.64. The zero-order chi connectivity index (χ0) is 13.5. The molecular formula is C12H13NO4S. The van der Waals surface area contributed by atoms with Gasteiger partial charge in [-0.2, -0.15) is 0 Å². The van der Waals surface area contributed by atoms with Gasteiger partial charge in [-0.1, -0.05) is 42.5 Å². The first-order valence-corrected chi connectivity index (χ1v) is 5.72. The number of carboxylic acid groups (broad SMARTS) is 2. The van der Waals surface area contributed by atoms with Crippen molar-refractivity contribution < 1.29 is 19.8 Å². The van der Waals surface area contributed by atoms with Gasteiger partial charge in [0.05, 0.1) is 0 Å². The summed E-state index contributed by atoms with van der Waals surface area (Å²) in [6, 6.07) is 7.92. The highest BCUT2D eigenvalue weighted by molar-refractivity contribution is 7.80. The van der Waals surface area contributed by atoms with E-state index in [0.29, 0.717) is 10.6 Å². The summed E-state index contributed by atoms with van der Waals surface area (Å²) < 4.78 is 0. The van der Waals surface area contributed by atoms with E-state index in [9.17, 15) is 9.59 Å². The van der Waals surface area contributed by atoms with E-state index in [1.165, 1.54) is 0 Å². The first kappa shape index (κ1) is 14.1. The lowest BCUT2D eigenvalue weighted by Gasteiger charge is -2.15. The number of nitrogens with one attached hydrogen (secondary N) is 1. The van der Waals surface area contributed by atoms with E-state index in [1.54, 1.807) is 24.3 Å². The van der Waals surface area contributed by atoms with Crippen molar-refractivity contribution in [1.29, 1.82) is 0 Å². The monoisotopic (exact) mass is 267 g/mol. The van der Waals surface area contributed by atoms with E-state index < -0.39 is 18.0 Å². The van der Waals surface area contributed by atoms with Crippen LogP contribution in [0.15, 0.2) is 30.3 Å². The number of carbonyl (C=O) groups is 2. The van der Waals surface area contributed by atoms with Gasteiger partial charge in [-0.05, 0) is 6.42 Å². The molecule has 0 aliphatic rings. The average molecular weight is 267 g/mol. The van der Waals surface area contributed by atoms with Gasteiger partial charge in [-0.15, -0.1) is 0 Å². The molecule has 0 amide bonds. The van der Waals surface area contributed by atoms with Crippen LogP contribution in [0.2, 0.25) is 0 Å². The molecule has 0 unspecified atom stereocenters. The molecule has 0 saturated carbocycles. The van der Waals surface area contributed by atoms with E-state index in [2.05, 4.69) is 5.32 Å². The Bertz CT molecular complexity index is 447. The van der Waals surface area contributed by atoms with Gasteiger partial charge >= 0.3 is 11.9 Å². The van der Waals surface area contributed by atoms with E-state index in [1.807, 2.05) is 6.07 Å². The van der Waals surface area contributed by atoms with E-state index >= 15 is 0 Å². The van der Waals surface area contributed by atoms with E-state index in [-0.39, 0.29) is 12.8 Å². The second kappa shape index (κ2) is 6.70. The lowest BCUT2D eigenvalue weighted by molar-refractivity contribution is -0.140. The van der Waals surface area contributed by atoms with Gasteiger partial charge in [0, 0.05) is 12.0 Å². The van der Waals surface area contributed by atoms with Gasteiger partial charge in [-0.25, -0.2) is 4.79 Å². The first-order valence-electron chi connectivity index (χ1n) is 5.31. The molecule has 0 radical (unpaired) electrons. The largest absolute Gasteiger partial charge is 0.481 e. The topological polar surface area (TPSA) is 86.6 Å². The summed E-state index contributed by atoms with van der Waals surface area (Å²) in [5.74, 6) is -2.15. The average Bonchev–Trinajstić information content (AvgIpc) is 2.34. The molecule has 0 aliphatic carbocycles. The van der Waals surface area contributed by atoms with Crippen LogP contribution in [0, 0.1) is 0 Å². The molecule has 1 aromatic rings. The van der Waals surface area contributed by atoms with Crippen LogP contribution in [0.3, 0.4) is 0 Å². The number of thiocarbonyl (C=S) groups is 1. The summed E-state index contributed by atoms with van der Waals surface area (Å²) in [5.41, 5.74) is 0.703. The molecule has 0 bridgehead atoms. The van der Waals surface area contributed by atoms with Gasteiger partial charge in [0.15, 0.2) is 0 Å². The Morgan fingerprint density at radius 1 is 1.22 bits per heavy atom. The van der Waals surface area contributed by atoms with Crippen LogP contribution in [-0.2, 0) is 9.59 Å². The van der Waals surface area contributed by atoms with Crippen LogP contribution in [0.25, 0.3) is 0 Å². The minimum absolute atomic E-state index is 0.0162. The van der Waals surface area contributed by atoms with Crippen LogP contribution in [0.5, 0.6) is 0 Å². The molecule has 18 heavy (non-hydrogen) atoms. The first-order chi connectivity index (χ1) is 8.50. The minimum atomic E-state index is -1.12. The van der Waals surface area contributed by atoms with E-state index in [4.69, 9.17) is 22.4 Å². The summed E-state index contributed by atoms with van der Waals surface area (Å²) in [5, 5.41) is 20.2. The van der Waals surface area contributed by atoms with Crippen molar-refractivity contribution in [1.82, 2.24) is 5.32 Å². The number of hydrogen-bond donors (Lipinski definition) is 3. The van der Waals surface area contributed by atoms with Crippen molar-refractivity contribution in [3.05, 3.63) is 35.9 Å². The third-order valence-corrected chi connectivity index (χ3v) is 2.64. The fourth-order valence-electron chi connectivity index (χ4n) is 1.36. The predicted octanol–water partition coefficient (Wildman–Crippen LogP) is 1.27. The zero-order valence-corrected chi connectivity index (χ0v) is 10.3. The second-order valence-corrected chi connectivity index (χ2v) is 4.07. The van der Waals surface area contributed by atoms with Crippen LogP contribution < -0.4 is 5.32 Å². The number of benzene rings is 1. The summed E-state index contributed by atoms with van der Waals surface area (Å²) in [6.45, 7) is 0. The minimum Gasteiger partial charge on any atom is -0.481 e. The van der Waals surface area contributed by atoms with Gasteiger partial charge in [-0.3, -0.25) is 4.79 Å². The van der Waals surface area contributed by atoms with Crippen LogP contribution >= 0.6 is 12.2 Å². The van der Waals surface area contributed by atoms with Crippen LogP contribution in [0.1, 0.15) is 18.4 Å². The molecular weight excluding hydrogens is 254 g/mol. The Hall–Kier alpha value is -1.95. The number of carboxylic acids is 2. The van der Waals surface area contributed by atoms with Crippen molar-refractivity contribution in [2.24, 2.45) is 0 Å². The summed E-state index contributed by atoms with van der Waals surface area (Å²) in [7, 11) is 0. The standard InChI is InChI=1S/C12H13NO4S/c14-10(15)7-6-9(12(16)17)13-11(18)8-4-2-1-3-5-8/h1-5,9H,6-7H2,(H,13,18)(H,14,15)(H,16,17)/t9-/m0/s1. The number of aliphatic carboxylic acids is 2. The molecule has 0 saturated heterocycles. The Morgan fingerprint density at radius 3 is 2.33 bits per heavy atom. The van der Waals surface area contributed by atoms with Gasteiger partial charge < -0.3 is 15.5 Å². The molecule has 0 heterocycles. The fraction of sp³-hybridized carbons (Fsp3) is 0.250. The van der Waals surface area contributed by atoms with E-state index in [0.717, 1.165) is 0 Å². The molecule has 1 aromatic carbocycles. The third kappa shape index (κ3) is 4.50. The normalized spacial score (nSPS) is 11.6. The van der Waals surface area contributed by atoms with Gasteiger partial charge in [0.1, 0.15) is 11.0 Å². The van der Waals surface area contributed by atoms with Crippen molar-refractivity contribution in [3.8, 4) is 0 Å². The smallest absolute Gasteiger partial charge is 0.326 e. The van der Waals surface area contributed by atoms with Crippen molar-refractivity contribution in [3.63, 3.8) is 0 Å². The van der Waals surface area contributed by atoms with Crippen LogP contribution in [-0.4, -0.2) is 33.2 Å². The molecule has 6 heteroatoms. The molecule has 1 atom stereocenters. The zero-order valence-electron chi connectivity index (χ0n) is 9.50. The highest BCUT2D eigenvalue weighted by atomic mass is 32.1. The Labute approximate surface area is 109 Å². The fourth-order valence-corrected chi connectivity index (χ4v) is 1.63.